The smallest absolute Gasteiger partial charge is 0.169 e. The third-order valence-corrected chi connectivity index (χ3v) is 3.14. The number of hydrogen-bond acceptors (Lipinski definition) is 4. The van der Waals surface area contributed by atoms with Crippen molar-refractivity contribution < 1.29 is 9.90 Å². The van der Waals surface area contributed by atoms with Gasteiger partial charge in [-0.1, -0.05) is 18.2 Å². The minimum Gasteiger partial charge on any atom is -0.398 e. The fourth-order valence-electron chi connectivity index (χ4n) is 2.36. The number of ketones is 1. The first-order chi connectivity index (χ1) is 8.16. The lowest BCUT2D eigenvalue weighted by atomic mass is 9.90. The number of hydrogen-bond donors (Lipinski definition) is 2. The molecular weight excluding hydrogens is 216 g/mol. The van der Waals surface area contributed by atoms with E-state index < -0.39 is 6.10 Å². The summed E-state index contributed by atoms with van der Waals surface area (Å²) in [6.45, 7) is 0. The van der Waals surface area contributed by atoms with Gasteiger partial charge in [-0.15, -0.1) is 0 Å². The maximum atomic E-state index is 11.9. The molecule has 0 bridgehead atoms. The topological polar surface area (TPSA) is 76.2 Å². The average molecular weight is 228 g/mol. The van der Waals surface area contributed by atoms with Gasteiger partial charge in [0.2, 0.25) is 0 Å². The zero-order valence-corrected chi connectivity index (χ0v) is 9.18. The summed E-state index contributed by atoms with van der Waals surface area (Å²) in [5.74, 6) is -0.116. The second kappa shape index (κ2) is 3.53. The third-order valence-electron chi connectivity index (χ3n) is 3.14. The molecule has 17 heavy (non-hydrogen) atoms. The molecule has 1 heterocycles. The highest BCUT2D eigenvalue weighted by Gasteiger charge is 2.27. The lowest BCUT2D eigenvalue weighted by molar-refractivity contribution is 0.0851. The Morgan fingerprint density at radius 1 is 1.29 bits per heavy atom. The van der Waals surface area contributed by atoms with E-state index in [0.29, 0.717) is 23.4 Å². The van der Waals surface area contributed by atoms with Crippen LogP contribution in [-0.2, 0) is 6.42 Å². The van der Waals surface area contributed by atoms with E-state index in [4.69, 9.17) is 5.73 Å². The molecule has 1 aromatic carbocycles. The number of nitrogens with two attached hydrogens (primary N) is 1. The van der Waals surface area contributed by atoms with Crippen LogP contribution in [0.25, 0.3) is 10.9 Å². The monoisotopic (exact) mass is 228 g/mol. The molecule has 86 valence electrons. The quantitative estimate of drug-likeness (QED) is 0.712. The van der Waals surface area contributed by atoms with Crippen molar-refractivity contribution in [2.45, 2.75) is 18.9 Å². The summed E-state index contributed by atoms with van der Waals surface area (Å²) in [5.41, 5.74) is 8.40. The first-order valence-corrected chi connectivity index (χ1v) is 5.55. The molecule has 4 heteroatoms. The predicted octanol–water partition coefficient (Wildman–Crippen LogP) is 1.31. The molecule has 1 atom stereocenters. The van der Waals surface area contributed by atoms with Gasteiger partial charge >= 0.3 is 0 Å². The van der Waals surface area contributed by atoms with Gasteiger partial charge in [0.25, 0.3) is 0 Å². The van der Waals surface area contributed by atoms with Crippen LogP contribution >= 0.6 is 0 Å². The molecule has 0 radical (unpaired) electrons. The number of carbonyl (C=O) groups is 1. The number of aromatic nitrogens is 1. The van der Waals surface area contributed by atoms with Crippen LogP contribution in [0.5, 0.6) is 0 Å². The highest BCUT2D eigenvalue weighted by atomic mass is 16.3. The summed E-state index contributed by atoms with van der Waals surface area (Å²) in [6.07, 6.45) is -0.101. The molecule has 0 aliphatic heterocycles. The van der Waals surface area contributed by atoms with Crippen LogP contribution < -0.4 is 5.73 Å². The molecule has 0 spiro atoms. The van der Waals surface area contributed by atoms with E-state index in [2.05, 4.69) is 4.98 Å². The molecule has 0 saturated heterocycles. The fraction of sp³-hybridized carbons (Fsp3) is 0.231. The van der Waals surface area contributed by atoms with Gasteiger partial charge in [-0.05, 0) is 6.07 Å². The van der Waals surface area contributed by atoms with E-state index >= 15 is 0 Å². The van der Waals surface area contributed by atoms with Crippen molar-refractivity contribution in [2.75, 3.05) is 5.73 Å². The van der Waals surface area contributed by atoms with Crippen molar-refractivity contribution >= 4 is 22.4 Å². The first kappa shape index (κ1) is 10.2. The molecule has 1 aliphatic carbocycles. The Morgan fingerprint density at radius 2 is 2.06 bits per heavy atom. The molecule has 3 N–H and O–H groups in total. The molecule has 2 aromatic rings. The molecule has 0 amide bonds. The van der Waals surface area contributed by atoms with E-state index in [1.165, 1.54) is 0 Å². The van der Waals surface area contributed by atoms with E-state index in [-0.39, 0.29) is 12.2 Å². The van der Waals surface area contributed by atoms with Gasteiger partial charge in [-0.2, -0.15) is 0 Å². The summed E-state index contributed by atoms with van der Waals surface area (Å²) in [4.78, 5) is 16.3. The number of carbonyl (C=O) groups excluding carboxylic acids is 1. The molecule has 3 rings (SSSR count). The van der Waals surface area contributed by atoms with Crippen LogP contribution in [0.2, 0.25) is 0 Å². The van der Waals surface area contributed by atoms with Crippen molar-refractivity contribution in [1.29, 1.82) is 0 Å². The van der Waals surface area contributed by atoms with Crippen molar-refractivity contribution in [3.05, 3.63) is 35.5 Å². The van der Waals surface area contributed by atoms with Gasteiger partial charge in [0.15, 0.2) is 5.78 Å². The Kier molecular flexibility index (Phi) is 2.12. The van der Waals surface area contributed by atoms with Crippen LogP contribution in [0.15, 0.2) is 24.3 Å². The van der Waals surface area contributed by atoms with Crippen LogP contribution in [0.4, 0.5) is 5.69 Å². The fourth-order valence-corrected chi connectivity index (χ4v) is 2.36. The van der Waals surface area contributed by atoms with Crippen LogP contribution in [0.3, 0.4) is 0 Å². The molecule has 1 aromatic heterocycles. The summed E-state index contributed by atoms with van der Waals surface area (Å²) in [6, 6.07) is 7.46. The van der Waals surface area contributed by atoms with Crippen LogP contribution in [0.1, 0.15) is 22.5 Å². The number of aliphatic hydroxyl groups is 1. The number of aliphatic hydroxyl groups excluding tert-OH is 1. The number of para-hydroxylation sites is 1. The van der Waals surface area contributed by atoms with Gasteiger partial charge in [-0.3, -0.25) is 9.78 Å². The normalized spacial score (nSPS) is 19.4. The molecule has 1 aliphatic rings. The maximum absolute atomic E-state index is 11.9. The largest absolute Gasteiger partial charge is 0.398 e. The lowest BCUT2D eigenvalue weighted by Gasteiger charge is -2.21. The second-order valence-electron chi connectivity index (χ2n) is 4.35. The molecular formula is C13H12N2O2. The third kappa shape index (κ3) is 1.49. The van der Waals surface area contributed by atoms with E-state index in [1.807, 2.05) is 24.3 Å². The van der Waals surface area contributed by atoms with E-state index in [9.17, 15) is 9.90 Å². The van der Waals surface area contributed by atoms with Crippen molar-refractivity contribution in [3.8, 4) is 0 Å². The highest BCUT2D eigenvalue weighted by molar-refractivity contribution is 6.09. The highest BCUT2D eigenvalue weighted by Crippen LogP contribution is 2.30. The number of Topliss-reactive ketones (excluding diaryl/α,β-unsaturated/α-hetero) is 1. The number of benzene rings is 1. The van der Waals surface area contributed by atoms with Crippen LogP contribution in [-0.4, -0.2) is 22.0 Å². The molecule has 0 saturated carbocycles. The number of rotatable bonds is 0. The van der Waals surface area contributed by atoms with Crippen molar-refractivity contribution in [1.82, 2.24) is 4.98 Å². The number of anilines is 1. The summed E-state index contributed by atoms with van der Waals surface area (Å²) >= 11 is 0. The van der Waals surface area contributed by atoms with Gasteiger partial charge in [0.1, 0.15) is 0 Å². The lowest BCUT2D eigenvalue weighted by Crippen LogP contribution is -2.26. The zero-order chi connectivity index (χ0) is 12.0. The Hall–Kier alpha value is -1.94. The Morgan fingerprint density at radius 3 is 2.88 bits per heavy atom. The summed E-state index contributed by atoms with van der Waals surface area (Å²) in [7, 11) is 0. The predicted molar refractivity (Wildman–Crippen MR) is 64.8 cm³/mol. The summed E-state index contributed by atoms with van der Waals surface area (Å²) < 4.78 is 0. The molecule has 0 fully saturated rings. The van der Waals surface area contributed by atoms with E-state index in [1.54, 1.807) is 0 Å². The Labute approximate surface area is 98.1 Å². The van der Waals surface area contributed by atoms with Crippen molar-refractivity contribution in [3.63, 3.8) is 0 Å². The number of fused-ring (bicyclic) bond motifs is 2. The maximum Gasteiger partial charge on any atom is 0.169 e. The Balaban J connectivity index is 2.35. The van der Waals surface area contributed by atoms with Gasteiger partial charge < -0.3 is 10.8 Å². The number of nitrogen functional groups attached to an aromatic ring is 1. The minimum absolute atomic E-state index is 0.116. The number of nitrogens with zero attached hydrogens (tertiary/aromatic N) is 1. The first-order valence-electron chi connectivity index (χ1n) is 5.55. The number of pyridine rings is 1. The minimum atomic E-state index is -0.636. The average Bonchev–Trinajstić information content (AvgIpc) is 2.28. The van der Waals surface area contributed by atoms with Gasteiger partial charge in [-0.25, -0.2) is 0 Å². The second-order valence-corrected chi connectivity index (χ2v) is 4.35. The van der Waals surface area contributed by atoms with Crippen LogP contribution in [0, 0.1) is 0 Å². The van der Waals surface area contributed by atoms with E-state index in [0.717, 1.165) is 10.9 Å². The summed E-state index contributed by atoms with van der Waals surface area (Å²) in [5, 5.41) is 10.4. The molecule has 4 nitrogen and oxygen atoms in total. The zero-order valence-electron chi connectivity index (χ0n) is 9.18. The molecule has 1 unspecified atom stereocenters. The standard InChI is InChI=1S/C13H12N2O2/c14-13-8-3-1-2-4-9(8)15-10-5-7(16)6-11(17)12(10)13/h1-4,7,16H,5-6H2,(H2,14,15). The van der Waals surface area contributed by atoms with Gasteiger partial charge in [0.05, 0.1) is 28.6 Å². The van der Waals surface area contributed by atoms with Crippen molar-refractivity contribution in [2.24, 2.45) is 0 Å². The Bertz CT molecular complexity index is 622. The van der Waals surface area contributed by atoms with Gasteiger partial charge in [0, 0.05) is 18.2 Å². The SMILES string of the molecule is Nc1c2c(nc3ccccc13)CC(O)CC2=O.